The molecule has 1 N–H and O–H groups in total. The van der Waals surface area contributed by atoms with E-state index in [4.69, 9.17) is 0 Å². The molecule has 0 aromatic carbocycles. The third kappa shape index (κ3) is 2.73. The van der Waals surface area contributed by atoms with Crippen LogP contribution in [0, 0.1) is 5.92 Å². The topological polar surface area (TPSA) is 15.3 Å². The van der Waals surface area contributed by atoms with Crippen LogP contribution in [-0.4, -0.2) is 36.6 Å². The second-order valence-electron chi connectivity index (χ2n) is 5.39. The molecule has 2 unspecified atom stereocenters. The van der Waals surface area contributed by atoms with Crippen LogP contribution in [0.4, 0.5) is 0 Å². The molecule has 2 heteroatoms. The minimum atomic E-state index is 0.749. The number of piperazine rings is 1. The summed E-state index contributed by atoms with van der Waals surface area (Å²) in [7, 11) is 0. The zero-order chi connectivity index (χ0) is 10.7. The normalized spacial score (nSPS) is 39.2. The smallest absolute Gasteiger partial charge is 0.0195 e. The Balaban J connectivity index is 1.90. The Bertz CT molecular complexity index is 193. The highest BCUT2D eigenvalue weighted by Gasteiger charge is 2.29. The van der Waals surface area contributed by atoms with E-state index in [0.29, 0.717) is 0 Å². The van der Waals surface area contributed by atoms with Crippen molar-refractivity contribution in [3.05, 3.63) is 0 Å². The Morgan fingerprint density at radius 3 is 2.93 bits per heavy atom. The summed E-state index contributed by atoms with van der Waals surface area (Å²) in [5.41, 5.74) is 0. The first-order chi connectivity index (χ1) is 7.31. The molecule has 15 heavy (non-hydrogen) atoms. The fourth-order valence-corrected chi connectivity index (χ4v) is 3.33. The third-order valence-electron chi connectivity index (χ3n) is 4.35. The van der Waals surface area contributed by atoms with Crippen LogP contribution in [0.15, 0.2) is 0 Å². The first kappa shape index (κ1) is 11.4. The predicted molar refractivity (Wildman–Crippen MR) is 65.1 cm³/mol. The molecular formula is C13H26N2. The van der Waals surface area contributed by atoms with Crippen molar-refractivity contribution in [3.8, 4) is 0 Å². The molecule has 0 aromatic heterocycles. The number of nitrogens with one attached hydrogen (secondary N) is 1. The molecular weight excluding hydrogens is 184 g/mol. The zero-order valence-electron chi connectivity index (χ0n) is 10.3. The molecule has 0 amide bonds. The average molecular weight is 210 g/mol. The van der Waals surface area contributed by atoms with Crippen molar-refractivity contribution < 1.29 is 0 Å². The Morgan fingerprint density at radius 2 is 2.20 bits per heavy atom. The lowest BCUT2D eigenvalue weighted by Crippen LogP contribution is -2.54. The molecule has 0 spiro atoms. The van der Waals surface area contributed by atoms with Crippen LogP contribution in [0.2, 0.25) is 0 Å². The molecule has 2 aliphatic rings. The summed E-state index contributed by atoms with van der Waals surface area (Å²) in [5.74, 6) is 1.01. The lowest BCUT2D eigenvalue weighted by atomic mass is 9.83. The van der Waals surface area contributed by atoms with Crippen LogP contribution < -0.4 is 5.32 Å². The number of hydrogen-bond donors (Lipinski definition) is 1. The van der Waals surface area contributed by atoms with Crippen molar-refractivity contribution in [2.45, 2.75) is 58.0 Å². The summed E-state index contributed by atoms with van der Waals surface area (Å²) in [4.78, 5) is 2.76. The quantitative estimate of drug-likeness (QED) is 0.752. The van der Waals surface area contributed by atoms with E-state index in [1.54, 1.807) is 0 Å². The van der Waals surface area contributed by atoms with Crippen molar-refractivity contribution in [2.24, 2.45) is 5.92 Å². The summed E-state index contributed by atoms with van der Waals surface area (Å²) < 4.78 is 0. The molecule has 1 heterocycles. The molecule has 0 bridgehead atoms. The molecule has 1 aliphatic heterocycles. The maximum absolute atomic E-state index is 3.49. The van der Waals surface area contributed by atoms with Gasteiger partial charge in [-0.3, -0.25) is 4.90 Å². The Morgan fingerprint density at radius 1 is 1.33 bits per heavy atom. The van der Waals surface area contributed by atoms with Gasteiger partial charge in [0.05, 0.1) is 0 Å². The van der Waals surface area contributed by atoms with Crippen molar-refractivity contribution >= 4 is 0 Å². The van der Waals surface area contributed by atoms with Crippen LogP contribution in [0.3, 0.4) is 0 Å². The molecule has 2 rings (SSSR count). The molecule has 1 aliphatic carbocycles. The van der Waals surface area contributed by atoms with Gasteiger partial charge in [0.25, 0.3) is 0 Å². The molecule has 3 atom stereocenters. The van der Waals surface area contributed by atoms with Gasteiger partial charge in [-0.1, -0.05) is 26.2 Å². The highest BCUT2D eigenvalue weighted by Crippen LogP contribution is 2.30. The van der Waals surface area contributed by atoms with Crippen molar-refractivity contribution in [2.75, 3.05) is 19.6 Å². The third-order valence-corrected chi connectivity index (χ3v) is 4.35. The largest absolute Gasteiger partial charge is 0.314 e. The second-order valence-corrected chi connectivity index (χ2v) is 5.39. The van der Waals surface area contributed by atoms with Crippen molar-refractivity contribution in [1.29, 1.82) is 0 Å². The van der Waals surface area contributed by atoms with Gasteiger partial charge in [0.1, 0.15) is 0 Å². The van der Waals surface area contributed by atoms with Gasteiger partial charge in [-0.25, -0.2) is 0 Å². The fraction of sp³-hybridized carbons (Fsp3) is 1.00. The van der Waals surface area contributed by atoms with Gasteiger partial charge < -0.3 is 5.32 Å². The standard InChI is InChI=1S/C13H26N2/c1-3-12-5-4-6-13(9-12)15-8-7-14-10-11(15)2/h11-14H,3-10H2,1-2H3/t11-,12?,13?/m0/s1. The fourth-order valence-electron chi connectivity index (χ4n) is 3.33. The van der Waals surface area contributed by atoms with E-state index in [2.05, 4.69) is 24.1 Å². The highest BCUT2D eigenvalue weighted by molar-refractivity contribution is 4.86. The summed E-state index contributed by atoms with van der Waals surface area (Å²) in [6.07, 6.45) is 7.23. The Labute approximate surface area is 94.4 Å². The van der Waals surface area contributed by atoms with Gasteiger partial charge in [-0.05, 0) is 25.7 Å². The van der Waals surface area contributed by atoms with E-state index in [-0.39, 0.29) is 0 Å². The summed E-state index contributed by atoms with van der Waals surface area (Å²) >= 11 is 0. The summed E-state index contributed by atoms with van der Waals surface area (Å²) in [5, 5.41) is 3.49. The number of rotatable bonds is 2. The first-order valence-corrected chi connectivity index (χ1v) is 6.77. The minimum Gasteiger partial charge on any atom is -0.314 e. The molecule has 1 saturated heterocycles. The van der Waals surface area contributed by atoms with Crippen LogP contribution >= 0.6 is 0 Å². The van der Waals surface area contributed by atoms with Gasteiger partial charge >= 0.3 is 0 Å². The van der Waals surface area contributed by atoms with Gasteiger partial charge in [-0.15, -0.1) is 0 Å². The highest BCUT2D eigenvalue weighted by atomic mass is 15.2. The van der Waals surface area contributed by atoms with Crippen molar-refractivity contribution in [3.63, 3.8) is 0 Å². The monoisotopic (exact) mass is 210 g/mol. The lowest BCUT2D eigenvalue weighted by molar-refractivity contribution is 0.0741. The molecule has 2 nitrogen and oxygen atoms in total. The van der Waals surface area contributed by atoms with Gasteiger partial charge in [0.15, 0.2) is 0 Å². The van der Waals surface area contributed by atoms with E-state index >= 15 is 0 Å². The molecule has 2 fully saturated rings. The van der Waals surface area contributed by atoms with Crippen molar-refractivity contribution in [1.82, 2.24) is 10.2 Å². The average Bonchev–Trinajstić information content (AvgIpc) is 2.30. The second kappa shape index (κ2) is 5.31. The number of nitrogens with zero attached hydrogens (tertiary/aromatic N) is 1. The van der Waals surface area contributed by atoms with Gasteiger partial charge in [0.2, 0.25) is 0 Å². The predicted octanol–water partition coefficient (Wildman–Crippen LogP) is 2.25. The van der Waals surface area contributed by atoms with E-state index in [9.17, 15) is 0 Å². The molecule has 0 radical (unpaired) electrons. The molecule has 88 valence electrons. The van der Waals surface area contributed by atoms with E-state index in [1.807, 2.05) is 0 Å². The lowest BCUT2D eigenvalue weighted by Gasteiger charge is -2.43. The van der Waals surface area contributed by atoms with Crippen LogP contribution in [-0.2, 0) is 0 Å². The van der Waals surface area contributed by atoms with Crippen LogP contribution in [0.5, 0.6) is 0 Å². The van der Waals surface area contributed by atoms with E-state index in [1.165, 1.54) is 51.7 Å². The Kier molecular flexibility index (Phi) is 4.04. The summed E-state index contributed by atoms with van der Waals surface area (Å²) in [6.45, 7) is 8.38. The van der Waals surface area contributed by atoms with Gasteiger partial charge in [0, 0.05) is 31.7 Å². The molecule has 0 aromatic rings. The maximum Gasteiger partial charge on any atom is 0.0195 e. The molecule has 1 saturated carbocycles. The Hall–Kier alpha value is -0.0800. The van der Waals surface area contributed by atoms with E-state index in [0.717, 1.165) is 18.0 Å². The van der Waals surface area contributed by atoms with Crippen LogP contribution in [0.25, 0.3) is 0 Å². The zero-order valence-corrected chi connectivity index (χ0v) is 10.3. The number of hydrogen-bond acceptors (Lipinski definition) is 2. The summed E-state index contributed by atoms with van der Waals surface area (Å²) in [6, 6.07) is 1.64. The van der Waals surface area contributed by atoms with Crippen LogP contribution in [0.1, 0.15) is 46.0 Å². The SMILES string of the molecule is CCC1CCCC(N2CCNC[C@@H]2C)C1. The van der Waals surface area contributed by atoms with Gasteiger partial charge in [-0.2, -0.15) is 0 Å². The maximum atomic E-state index is 3.49. The minimum absolute atomic E-state index is 0.749. The van der Waals surface area contributed by atoms with E-state index < -0.39 is 0 Å². The first-order valence-electron chi connectivity index (χ1n) is 6.77.